The van der Waals surface area contributed by atoms with Crippen LogP contribution in [0.3, 0.4) is 0 Å². The average molecular weight is 290 g/mol. The van der Waals surface area contributed by atoms with E-state index in [1.54, 1.807) is 17.5 Å². The van der Waals surface area contributed by atoms with Gasteiger partial charge in [-0.15, -0.1) is 11.3 Å². The van der Waals surface area contributed by atoms with Crippen molar-refractivity contribution < 1.29 is 0 Å². The summed E-state index contributed by atoms with van der Waals surface area (Å²) in [6.07, 6.45) is 2.74. The molecule has 0 unspecified atom stereocenters. The standard InChI is InChI=1S/C15H22N4S/c1-6-11-13(9-17-15(3,4)5)20-14(19-11)12-7-8-16-10(2)18-12/h7-8,17H,6,9H2,1-5H3. The van der Waals surface area contributed by atoms with Crippen LogP contribution in [-0.2, 0) is 13.0 Å². The molecule has 0 radical (unpaired) electrons. The van der Waals surface area contributed by atoms with Crippen LogP contribution in [0.2, 0.25) is 0 Å². The summed E-state index contributed by atoms with van der Waals surface area (Å²) in [7, 11) is 0. The monoisotopic (exact) mass is 290 g/mol. The van der Waals surface area contributed by atoms with Crippen LogP contribution in [0.4, 0.5) is 0 Å². The lowest BCUT2D eigenvalue weighted by Crippen LogP contribution is -2.35. The lowest BCUT2D eigenvalue weighted by atomic mass is 10.1. The number of nitrogens with zero attached hydrogens (tertiary/aromatic N) is 3. The molecule has 1 N–H and O–H groups in total. The fourth-order valence-corrected chi connectivity index (χ4v) is 2.89. The smallest absolute Gasteiger partial charge is 0.142 e. The van der Waals surface area contributed by atoms with Crippen molar-refractivity contribution in [2.45, 2.75) is 53.1 Å². The second-order valence-corrected chi connectivity index (χ2v) is 6.92. The van der Waals surface area contributed by atoms with E-state index in [2.05, 4.69) is 43.0 Å². The molecule has 4 nitrogen and oxygen atoms in total. The minimum absolute atomic E-state index is 0.112. The highest BCUT2D eigenvalue weighted by molar-refractivity contribution is 7.15. The zero-order chi connectivity index (χ0) is 14.8. The summed E-state index contributed by atoms with van der Waals surface area (Å²) in [6, 6.07) is 1.92. The van der Waals surface area contributed by atoms with Gasteiger partial charge < -0.3 is 5.32 Å². The van der Waals surface area contributed by atoms with Crippen molar-refractivity contribution in [2.24, 2.45) is 0 Å². The van der Waals surface area contributed by atoms with Gasteiger partial charge in [0, 0.05) is 23.2 Å². The molecular weight excluding hydrogens is 268 g/mol. The SMILES string of the molecule is CCc1nc(-c2ccnc(C)n2)sc1CNC(C)(C)C. The molecule has 0 saturated carbocycles. The third kappa shape index (κ3) is 3.84. The molecule has 5 heteroatoms. The minimum Gasteiger partial charge on any atom is -0.307 e. The fourth-order valence-electron chi connectivity index (χ4n) is 1.83. The van der Waals surface area contributed by atoms with E-state index in [4.69, 9.17) is 4.98 Å². The van der Waals surface area contributed by atoms with Crippen LogP contribution in [0, 0.1) is 6.92 Å². The van der Waals surface area contributed by atoms with Crippen molar-refractivity contribution in [3.05, 3.63) is 28.7 Å². The van der Waals surface area contributed by atoms with E-state index in [1.165, 1.54) is 4.88 Å². The molecule has 0 aromatic carbocycles. The first-order chi connectivity index (χ1) is 9.39. The predicted octanol–water partition coefficient (Wildman–Crippen LogP) is 3.36. The summed E-state index contributed by atoms with van der Waals surface area (Å²) in [5.41, 5.74) is 2.19. The predicted molar refractivity (Wildman–Crippen MR) is 83.8 cm³/mol. The molecule has 0 aliphatic carbocycles. The highest BCUT2D eigenvalue weighted by Gasteiger charge is 2.15. The van der Waals surface area contributed by atoms with Crippen LogP contribution in [0.15, 0.2) is 12.3 Å². The highest BCUT2D eigenvalue weighted by Crippen LogP contribution is 2.27. The second-order valence-electron chi connectivity index (χ2n) is 5.84. The van der Waals surface area contributed by atoms with Gasteiger partial charge in [0.1, 0.15) is 16.5 Å². The van der Waals surface area contributed by atoms with E-state index in [1.807, 2.05) is 13.0 Å². The molecule has 0 bridgehead atoms. The van der Waals surface area contributed by atoms with Gasteiger partial charge in [-0.1, -0.05) is 6.92 Å². The third-order valence-corrected chi connectivity index (χ3v) is 4.01. The number of hydrogen-bond donors (Lipinski definition) is 1. The molecule has 2 aromatic heterocycles. The number of thiazole rings is 1. The Bertz CT molecular complexity index is 584. The summed E-state index contributed by atoms with van der Waals surface area (Å²) in [5.74, 6) is 0.783. The third-order valence-electron chi connectivity index (χ3n) is 2.89. The largest absolute Gasteiger partial charge is 0.307 e. The fraction of sp³-hybridized carbons (Fsp3) is 0.533. The Hall–Kier alpha value is -1.33. The van der Waals surface area contributed by atoms with Gasteiger partial charge >= 0.3 is 0 Å². The van der Waals surface area contributed by atoms with E-state index in [9.17, 15) is 0 Å². The van der Waals surface area contributed by atoms with E-state index in [0.29, 0.717) is 0 Å². The Kier molecular flexibility index (Phi) is 4.50. The van der Waals surface area contributed by atoms with Crippen molar-refractivity contribution in [3.63, 3.8) is 0 Å². The van der Waals surface area contributed by atoms with Gasteiger partial charge in [0.15, 0.2) is 0 Å². The van der Waals surface area contributed by atoms with Crippen molar-refractivity contribution in [2.75, 3.05) is 0 Å². The Morgan fingerprint density at radius 3 is 2.60 bits per heavy atom. The molecule has 0 aliphatic heterocycles. The van der Waals surface area contributed by atoms with Crippen molar-refractivity contribution >= 4 is 11.3 Å². The molecule has 0 atom stereocenters. The number of rotatable bonds is 4. The van der Waals surface area contributed by atoms with Crippen LogP contribution >= 0.6 is 11.3 Å². The number of nitrogens with one attached hydrogen (secondary N) is 1. The Labute approximate surface area is 124 Å². The van der Waals surface area contributed by atoms with Crippen molar-refractivity contribution in [1.82, 2.24) is 20.3 Å². The summed E-state index contributed by atoms with van der Waals surface area (Å²) in [5, 5.41) is 4.51. The first-order valence-corrected chi connectivity index (χ1v) is 7.74. The van der Waals surface area contributed by atoms with E-state index in [0.717, 1.165) is 35.2 Å². The van der Waals surface area contributed by atoms with Crippen LogP contribution in [0.25, 0.3) is 10.7 Å². The molecule has 0 amide bonds. The van der Waals surface area contributed by atoms with Crippen LogP contribution in [0.1, 0.15) is 44.1 Å². The molecule has 108 valence electrons. The lowest BCUT2D eigenvalue weighted by molar-refractivity contribution is 0.425. The number of hydrogen-bond acceptors (Lipinski definition) is 5. The summed E-state index contributed by atoms with van der Waals surface area (Å²) < 4.78 is 0. The van der Waals surface area contributed by atoms with Gasteiger partial charge in [-0.25, -0.2) is 15.0 Å². The summed E-state index contributed by atoms with van der Waals surface area (Å²) in [6.45, 7) is 11.4. The first kappa shape index (κ1) is 15.1. The van der Waals surface area contributed by atoms with Crippen molar-refractivity contribution in [3.8, 4) is 10.7 Å². The number of aromatic nitrogens is 3. The van der Waals surface area contributed by atoms with E-state index >= 15 is 0 Å². The zero-order valence-electron chi connectivity index (χ0n) is 12.8. The summed E-state index contributed by atoms with van der Waals surface area (Å²) >= 11 is 1.72. The molecule has 2 rings (SSSR count). The van der Waals surface area contributed by atoms with Gasteiger partial charge in [-0.3, -0.25) is 0 Å². The Balaban J connectivity index is 2.26. The topological polar surface area (TPSA) is 50.7 Å². The molecule has 0 fully saturated rings. The van der Waals surface area contributed by atoms with Gasteiger partial charge in [0.05, 0.1) is 5.69 Å². The quantitative estimate of drug-likeness (QED) is 0.938. The van der Waals surface area contributed by atoms with Gasteiger partial charge in [0.2, 0.25) is 0 Å². The lowest BCUT2D eigenvalue weighted by Gasteiger charge is -2.20. The zero-order valence-corrected chi connectivity index (χ0v) is 13.6. The van der Waals surface area contributed by atoms with Gasteiger partial charge in [0.25, 0.3) is 0 Å². The maximum atomic E-state index is 4.73. The summed E-state index contributed by atoms with van der Waals surface area (Å²) in [4.78, 5) is 14.6. The Morgan fingerprint density at radius 1 is 1.25 bits per heavy atom. The van der Waals surface area contributed by atoms with Gasteiger partial charge in [-0.2, -0.15) is 0 Å². The molecule has 20 heavy (non-hydrogen) atoms. The Morgan fingerprint density at radius 2 is 2.00 bits per heavy atom. The van der Waals surface area contributed by atoms with Crippen molar-refractivity contribution in [1.29, 1.82) is 0 Å². The maximum Gasteiger partial charge on any atom is 0.142 e. The molecule has 2 aromatic rings. The van der Waals surface area contributed by atoms with Crippen LogP contribution in [0.5, 0.6) is 0 Å². The van der Waals surface area contributed by atoms with E-state index < -0.39 is 0 Å². The minimum atomic E-state index is 0.112. The molecule has 2 heterocycles. The average Bonchev–Trinajstić information content (AvgIpc) is 2.79. The first-order valence-electron chi connectivity index (χ1n) is 6.92. The van der Waals surface area contributed by atoms with Crippen LogP contribution < -0.4 is 5.32 Å². The molecular formula is C15H22N4S. The highest BCUT2D eigenvalue weighted by atomic mass is 32.1. The maximum absolute atomic E-state index is 4.73. The number of aryl methyl sites for hydroxylation is 2. The van der Waals surface area contributed by atoms with Gasteiger partial charge in [-0.05, 0) is 40.2 Å². The molecule has 0 saturated heterocycles. The molecule has 0 spiro atoms. The second kappa shape index (κ2) is 5.97. The molecule has 0 aliphatic rings. The van der Waals surface area contributed by atoms with Crippen LogP contribution in [-0.4, -0.2) is 20.5 Å². The normalized spacial score (nSPS) is 11.8. The van der Waals surface area contributed by atoms with E-state index in [-0.39, 0.29) is 5.54 Å².